The summed E-state index contributed by atoms with van der Waals surface area (Å²) in [6.45, 7) is 1.78. The van der Waals surface area contributed by atoms with Gasteiger partial charge < -0.3 is 10.4 Å². The van der Waals surface area contributed by atoms with Crippen LogP contribution in [0.25, 0.3) is 0 Å². The van der Waals surface area contributed by atoms with E-state index < -0.39 is 12.0 Å². The third-order valence-electron chi connectivity index (χ3n) is 2.54. The number of carboxylic acid groups (broad SMARTS) is 1. The van der Waals surface area contributed by atoms with Crippen molar-refractivity contribution in [2.24, 2.45) is 0 Å². The number of rotatable bonds is 4. The van der Waals surface area contributed by atoms with Gasteiger partial charge in [0.1, 0.15) is 5.82 Å². The monoisotopic (exact) mass is 243 g/mol. The quantitative estimate of drug-likeness (QED) is 0.859. The van der Waals surface area contributed by atoms with Crippen LogP contribution in [0.1, 0.15) is 17.3 Å². The van der Waals surface area contributed by atoms with E-state index in [1.165, 1.54) is 6.20 Å². The molecule has 0 fully saturated rings. The molecule has 0 saturated heterocycles. The summed E-state index contributed by atoms with van der Waals surface area (Å²) in [5, 5.41) is 12.2. The number of carboxylic acids is 1. The first-order valence-electron chi connectivity index (χ1n) is 5.50. The molecule has 1 heterocycles. The molecule has 2 aromatic rings. The molecule has 0 aliphatic heterocycles. The molecule has 1 unspecified atom stereocenters. The number of aliphatic carboxylic acids is 1. The molecule has 1 aromatic heterocycles. The van der Waals surface area contributed by atoms with Crippen molar-refractivity contribution in [1.82, 2.24) is 9.97 Å². The van der Waals surface area contributed by atoms with Crippen LogP contribution in [0.3, 0.4) is 0 Å². The van der Waals surface area contributed by atoms with Gasteiger partial charge in [-0.1, -0.05) is 30.3 Å². The second kappa shape index (κ2) is 5.27. The number of hydrogen-bond acceptors (Lipinski definition) is 4. The van der Waals surface area contributed by atoms with Gasteiger partial charge in [0.15, 0.2) is 6.04 Å². The van der Waals surface area contributed by atoms with Crippen molar-refractivity contribution in [2.75, 3.05) is 5.32 Å². The average molecular weight is 243 g/mol. The van der Waals surface area contributed by atoms with Crippen LogP contribution in [0.5, 0.6) is 0 Å². The fraction of sp³-hybridized carbons (Fsp3) is 0.154. The number of aromatic nitrogens is 2. The van der Waals surface area contributed by atoms with Gasteiger partial charge in [0.25, 0.3) is 0 Å². The summed E-state index contributed by atoms with van der Waals surface area (Å²) in [5.41, 5.74) is 1.34. The Hall–Kier alpha value is -2.43. The fourth-order valence-electron chi connectivity index (χ4n) is 1.62. The Bertz CT molecular complexity index is 543. The topological polar surface area (TPSA) is 75.1 Å². The molecule has 0 amide bonds. The highest BCUT2D eigenvalue weighted by Crippen LogP contribution is 2.19. The zero-order valence-corrected chi connectivity index (χ0v) is 9.87. The summed E-state index contributed by atoms with van der Waals surface area (Å²) in [7, 11) is 0. The lowest BCUT2D eigenvalue weighted by Gasteiger charge is -2.16. The van der Waals surface area contributed by atoms with Gasteiger partial charge in [0, 0.05) is 12.4 Å². The first-order chi connectivity index (χ1) is 8.68. The molecular formula is C13H13N3O2. The van der Waals surface area contributed by atoms with Crippen molar-refractivity contribution in [3.8, 4) is 0 Å². The minimum Gasteiger partial charge on any atom is -0.479 e. The zero-order chi connectivity index (χ0) is 13.0. The van der Waals surface area contributed by atoms with E-state index in [-0.39, 0.29) is 0 Å². The predicted molar refractivity (Wildman–Crippen MR) is 67.2 cm³/mol. The molecule has 0 saturated carbocycles. The van der Waals surface area contributed by atoms with Crippen molar-refractivity contribution in [1.29, 1.82) is 0 Å². The molecule has 0 aliphatic rings. The number of nitrogens with zero attached hydrogens (tertiary/aromatic N) is 2. The van der Waals surface area contributed by atoms with Crippen molar-refractivity contribution in [3.05, 3.63) is 54.0 Å². The molecular weight excluding hydrogens is 230 g/mol. The summed E-state index contributed by atoms with van der Waals surface area (Å²) in [6, 6.07) is 8.14. The third kappa shape index (κ3) is 2.63. The minimum absolute atomic E-state index is 0.480. The second-order valence-electron chi connectivity index (χ2n) is 3.82. The van der Waals surface area contributed by atoms with Crippen molar-refractivity contribution >= 4 is 11.8 Å². The molecule has 5 heteroatoms. The molecule has 0 radical (unpaired) electrons. The summed E-state index contributed by atoms with van der Waals surface area (Å²) < 4.78 is 0. The largest absolute Gasteiger partial charge is 0.479 e. The number of nitrogens with one attached hydrogen (secondary N) is 1. The first-order valence-corrected chi connectivity index (χ1v) is 5.50. The van der Waals surface area contributed by atoms with Crippen LogP contribution in [-0.4, -0.2) is 21.0 Å². The highest BCUT2D eigenvalue weighted by atomic mass is 16.4. The van der Waals surface area contributed by atoms with Gasteiger partial charge in [0.2, 0.25) is 0 Å². The maximum Gasteiger partial charge on any atom is 0.330 e. The predicted octanol–water partition coefficient (Wildman–Crippen LogP) is 2.02. The van der Waals surface area contributed by atoms with Gasteiger partial charge in [-0.25, -0.2) is 9.78 Å². The van der Waals surface area contributed by atoms with Crippen LogP contribution >= 0.6 is 0 Å². The van der Waals surface area contributed by atoms with Gasteiger partial charge >= 0.3 is 5.97 Å². The molecule has 92 valence electrons. The van der Waals surface area contributed by atoms with E-state index in [9.17, 15) is 9.90 Å². The first kappa shape index (κ1) is 12.0. The molecule has 2 N–H and O–H groups in total. The number of hydrogen-bond donors (Lipinski definition) is 2. The van der Waals surface area contributed by atoms with Crippen LogP contribution in [0.4, 0.5) is 5.82 Å². The van der Waals surface area contributed by atoms with E-state index in [4.69, 9.17) is 0 Å². The lowest BCUT2D eigenvalue weighted by molar-refractivity contribution is -0.138. The lowest BCUT2D eigenvalue weighted by atomic mass is 10.1. The van der Waals surface area contributed by atoms with E-state index in [1.807, 2.05) is 6.07 Å². The summed E-state index contributed by atoms with van der Waals surface area (Å²) in [6.07, 6.45) is 3.10. The van der Waals surface area contributed by atoms with E-state index in [0.29, 0.717) is 17.1 Å². The molecule has 0 bridgehead atoms. The Balaban J connectivity index is 2.28. The van der Waals surface area contributed by atoms with E-state index in [1.54, 1.807) is 37.4 Å². The highest BCUT2D eigenvalue weighted by Gasteiger charge is 2.20. The van der Waals surface area contributed by atoms with Crippen LogP contribution in [0.2, 0.25) is 0 Å². The average Bonchev–Trinajstić information content (AvgIpc) is 2.38. The minimum atomic E-state index is -0.953. The van der Waals surface area contributed by atoms with E-state index >= 15 is 0 Å². The molecule has 0 spiro atoms. The van der Waals surface area contributed by atoms with E-state index in [0.717, 1.165) is 0 Å². The van der Waals surface area contributed by atoms with Gasteiger partial charge in [-0.3, -0.25) is 4.98 Å². The second-order valence-corrected chi connectivity index (χ2v) is 3.82. The maximum atomic E-state index is 11.3. The molecule has 1 aromatic carbocycles. The van der Waals surface area contributed by atoms with Crippen LogP contribution in [-0.2, 0) is 4.79 Å². The Labute approximate surface area is 105 Å². The van der Waals surface area contributed by atoms with Gasteiger partial charge in [-0.2, -0.15) is 0 Å². The van der Waals surface area contributed by atoms with Crippen LogP contribution in [0.15, 0.2) is 42.7 Å². The number of carbonyl (C=O) groups is 1. The van der Waals surface area contributed by atoms with Gasteiger partial charge in [-0.05, 0) is 12.5 Å². The Morgan fingerprint density at radius 2 is 1.89 bits per heavy atom. The third-order valence-corrected chi connectivity index (χ3v) is 2.54. The van der Waals surface area contributed by atoms with Crippen molar-refractivity contribution in [3.63, 3.8) is 0 Å². The van der Waals surface area contributed by atoms with Gasteiger partial charge in [0.05, 0.1) is 5.69 Å². The number of benzene rings is 1. The SMILES string of the molecule is Cc1nccnc1NC(C(=O)O)c1ccccc1. The summed E-state index contributed by atoms with van der Waals surface area (Å²) in [5.74, 6) is -0.472. The Morgan fingerprint density at radius 1 is 1.22 bits per heavy atom. The maximum absolute atomic E-state index is 11.3. The number of anilines is 1. The van der Waals surface area contributed by atoms with E-state index in [2.05, 4.69) is 15.3 Å². The van der Waals surface area contributed by atoms with Gasteiger partial charge in [-0.15, -0.1) is 0 Å². The highest BCUT2D eigenvalue weighted by molar-refractivity contribution is 5.79. The fourth-order valence-corrected chi connectivity index (χ4v) is 1.62. The number of aryl methyl sites for hydroxylation is 1. The standard InChI is InChI=1S/C13H13N3O2/c1-9-12(15-8-7-14-9)16-11(13(17)18)10-5-3-2-4-6-10/h2-8,11H,1H3,(H,15,16)(H,17,18). The normalized spacial score (nSPS) is 11.8. The van der Waals surface area contributed by atoms with Crippen LogP contribution < -0.4 is 5.32 Å². The smallest absolute Gasteiger partial charge is 0.330 e. The molecule has 0 aliphatic carbocycles. The molecule has 2 rings (SSSR count). The summed E-state index contributed by atoms with van der Waals surface area (Å²) >= 11 is 0. The zero-order valence-electron chi connectivity index (χ0n) is 9.87. The van der Waals surface area contributed by atoms with Crippen LogP contribution in [0, 0.1) is 6.92 Å². The van der Waals surface area contributed by atoms with Crippen molar-refractivity contribution < 1.29 is 9.90 Å². The Morgan fingerprint density at radius 3 is 2.50 bits per heavy atom. The molecule has 18 heavy (non-hydrogen) atoms. The summed E-state index contributed by atoms with van der Waals surface area (Å²) in [4.78, 5) is 19.5. The lowest BCUT2D eigenvalue weighted by Crippen LogP contribution is -2.21. The molecule has 5 nitrogen and oxygen atoms in total. The Kier molecular flexibility index (Phi) is 3.52. The van der Waals surface area contributed by atoms with Crippen molar-refractivity contribution in [2.45, 2.75) is 13.0 Å². The molecule has 1 atom stereocenters.